The van der Waals surface area contributed by atoms with Gasteiger partial charge in [-0.15, -0.1) is 0 Å². The lowest BCUT2D eigenvalue weighted by Gasteiger charge is -2.46. The van der Waals surface area contributed by atoms with Crippen LogP contribution >= 0.6 is 11.8 Å². The van der Waals surface area contributed by atoms with Crippen molar-refractivity contribution in [1.82, 2.24) is 20.9 Å². The summed E-state index contributed by atoms with van der Waals surface area (Å²) in [6.45, 7) is 5.98. The van der Waals surface area contributed by atoms with Crippen molar-refractivity contribution in [3.63, 3.8) is 0 Å². The maximum Gasteiger partial charge on any atom is 0.326 e. The first-order valence-corrected chi connectivity index (χ1v) is 14.4. The van der Waals surface area contributed by atoms with Gasteiger partial charge in [0.25, 0.3) is 5.91 Å². The first kappa shape index (κ1) is 25.3. The van der Waals surface area contributed by atoms with Crippen molar-refractivity contribution in [3.8, 4) is 11.5 Å². The van der Waals surface area contributed by atoms with Gasteiger partial charge in [-0.1, -0.05) is 30.0 Å². The molecule has 3 amide bonds. The van der Waals surface area contributed by atoms with Gasteiger partial charge in [-0.25, -0.2) is 4.79 Å². The number of anilines is 1. The number of carbonyl (C=O) groups is 2. The molecular weight excluding hydrogens is 498 g/mol. The van der Waals surface area contributed by atoms with E-state index in [-0.39, 0.29) is 35.3 Å². The number of para-hydroxylation sites is 1. The molecule has 0 saturated carbocycles. The fourth-order valence-corrected chi connectivity index (χ4v) is 7.56. The molecule has 8 nitrogen and oxygen atoms in total. The Morgan fingerprint density at radius 1 is 1.13 bits per heavy atom. The minimum absolute atomic E-state index is 0.0225. The van der Waals surface area contributed by atoms with Gasteiger partial charge < -0.3 is 25.6 Å². The molecular formula is C29H35N5O3S. The molecule has 4 aliphatic heterocycles. The molecule has 0 radical (unpaired) electrons. The molecule has 6 rings (SSSR count). The number of hydrogen-bond acceptors (Lipinski definition) is 6. The second-order valence-electron chi connectivity index (χ2n) is 10.8. The molecule has 0 bridgehead atoms. The number of urea groups is 1. The average molecular weight is 534 g/mol. The molecule has 38 heavy (non-hydrogen) atoms. The Hall–Kier alpha value is -3.01. The van der Waals surface area contributed by atoms with Gasteiger partial charge in [0.05, 0.1) is 16.3 Å². The maximum absolute atomic E-state index is 13.6. The van der Waals surface area contributed by atoms with Crippen LogP contribution in [0, 0.1) is 12.8 Å². The van der Waals surface area contributed by atoms with Crippen molar-refractivity contribution < 1.29 is 14.3 Å². The van der Waals surface area contributed by atoms with E-state index in [4.69, 9.17) is 4.74 Å². The van der Waals surface area contributed by atoms with Crippen molar-refractivity contribution in [2.45, 2.75) is 56.6 Å². The predicted molar refractivity (Wildman–Crippen MR) is 150 cm³/mol. The van der Waals surface area contributed by atoms with E-state index < -0.39 is 0 Å². The fourth-order valence-electron chi connectivity index (χ4n) is 6.16. The molecule has 5 atom stereocenters. The van der Waals surface area contributed by atoms with Crippen LogP contribution < -0.4 is 25.6 Å². The molecule has 200 valence electrons. The van der Waals surface area contributed by atoms with Crippen LogP contribution in [0.1, 0.15) is 31.7 Å². The Morgan fingerprint density at radius 2 is 1.95 bits per heavy atom. The van der Waals surface area contributed by atoms with Crippen molar-refractivity contribution in [1.29, 1.82) is 0 Å². The number of hydrogen-bond donors (Lipinski definition) is 3. The number of benzene rings is 2. The van der Waals surface area contributed by atoms with E-state index in [1.807, 2.05) is 60.4 Å². The number of thioether (sulfide) groups is 1. The molecule has 3 fully saturated rings. The standard InChI is InChI=1S/C29H35N5O3S/c1-17-15-21(37-20-7-5-4-6-8-20)9-10-22(17)34-23-11-13-30-28-24(23)25(32-29(34)36)26(38-28)27(35)31-19-12-14-33(3)18(2)16-19/h4-10,15,18-19,23-24,28,30H,11-14,16H2,1-3H3,(H,31,35)(H,32,36). The van der Waals surface area contributed by atoms with E-state index in [1.54, 1.807) is 11.8 Å². The molecule has 3 N–H and O–H groups in total. The van der Waals surface area contributed by atoms with Crippen molar-refractivity contribution >= 4 is 29.4 Å². The fraction of sp³-hybridized carbons (Fsp3) is 0.448. The molecule has 3 saturated heterocycles. The lowest BCUT2D eigenvalue weighted by Crippen LogP contribution is -2.62. The van der Waals surface area contributed by atoms with E-state index in [1.165, 1.54) is 0 Å². The summed E-state index contributed by atoms with van der Waals surface area (Å²) in [5, 5.41) is 10.0. The summed E-state index contributed by atoms with van der Waals surface area (Å²) in [5.41, 5.74) is 2.62. The number of rotatable bonds is 5. The van der Waals surface area contributed by atoms with Gasteiger partial charge in [-0.2, -0.15) is 0 Å². The number of likely N-dealkylation sites (tertiary alicyclic amines) is 1. The zero-order valence-corrected chi connectivity index (χ0v) is 22.9. The lowest BCUT2D eigenvalue weighted by atomic mass is 9.86. The molecule has 0 spiro atoms. The Balaban J connectivity index is 1.23. The number of nitrogens with one attached hydrogen (secondary N) is 3. The van der Waals surface area contributed by atoms with Gasteiger partial charge in [-0.3, -0.25) is 9.69 Å². The second-order valence-corrected chi connectivity index (χ2v) is 12.0. The second kappa shape index (κ2) is 10.3. The van der Waals surface area contributed by atoms with Crippen LogP contribution in [0.25, 0.3) is 0 Å². The van der Waals surface area contributed by atoms with E-state index in [0.29, 0.717) is 10.9 Å². The number of piperidine rings is 2. The molecule has 0 aliphatic carbocycles. The highest BCUT2D eigenvalue weighted by Crippen LogP contribution is 2.48. The number of amides is 3. The van der Waals surface area contributed by atoms with Crippen LogP contribution in [0.4, 0.5) is 10.5 Å². The first-order valence-electron chi connectivity index (χ1n) is 13.5. The van der Waals surface area contributed by atoms with E-state index >= 15 is 0 Å². The van der Waals surface area contributed by atoms with Crippen molar-refractivity contribution in [3.05, 3.63) is 64.7 Å². The summed E-state index contributed by atoms with van der Waals surface area (Å²) >= 11 is 1.56. The minimum Gasteiger partial charge on any atom is -0.457 e. The quantitative estimate of drug-likeness (QED) is 0.535. The van der Waals surface area contributed by atoms with E-state index in [0.717, 1.165) is 60.8 Å². The molecule has 4 aliphatic rings. The van der Waals surface area contributed by atoms with E-state index in [2.05, 4.69) is 34.8 Å². The summed E-state index contributed by atoms with van der Waals surface area (Å²) in [5.74, 6) is 1.48. The zero-order valence-electron chi connectivity index (χ0n) is 22.1. The van der Waals surface area contributed by atoms with E-state index in [9.17, 15) is 9.59 Å². The third kappa shape index (κ3) is 4.67. The topological polar surface area (TPSA) is 85.9 Å². The number of carbonyl (C=O) groups excluding carboxylic acids is 2. The highest BCUT2D eigenvalue weighted by atomic mass is 32.2. The molecule has 0 aromatic heterocycles. The third-order valence-electron chi connectivity index (χ3n) is 8.30. The Bertz CT molecular complexity index is 1270. The molecule has 2 aromatic rings. The highest BCUT2D eigenvalue weighted by molar-refractivity contribution is 8.04. The highest BCUT2D eigenvalue weighted by Gasteiger charge is 2.52. The molecule has 4 heterocycles. The SMILES string of the molecule is Cc1cc(Oc2ccccc2)ccc1N1C(=O)NC2=C(C(=O)NC3CCN(C)C(C)C3)SC3NCCC1C23. The molecule has 9 heteroatoms. The summed E-state index contributed by atoms with van der Waals surface area (Å²) in [6, 6.07) is 15.9. The maximum atomic E-state index is 13.6. The normalized spacial score (nSPS) is 29.1. The van der Waals surface area contributed by atoms with Gasteiger partial charge in [-0.05, 0) is 82.6 Å². The monoisotopic (exact) mass is 533 g/mol. The minimum atomic E-state index is -0.178. The van der Waals surface area contributed by atoms with Crippen LogP contribution in [0.5, 0.6) is 11.5 Å². The number of ether oxygens (including phenoxy) is 1. The average Bonchev–Trinajstić information content (AvgIpc) is 3.27. The van der Waals surface area contributed by atoms with Crippen LogP contribution in [0.15, 0.2) is 59.1 Å². The van der Waals surface area contributed by atoms with Crippen molar-refractivity contribution in [2.24, 2.45) is 5.92 Å². The number of nitrogens with zero attached hydrogens (tertiary/aromatic N) is 2. The number of aryl methyl sites for hydroxylation is 1. The van der Waals surface area contributed by atoms with Crippen molar-refractivity contribution in [2.75, 3.05) is 25.0 Å². The zero-order chi connectivity index (χ0) is 26.4. The largest absolute Gasteiger partial charge is 0.457 e. The summed E-state index contributed by atoms with van der Waals surface area (Å²) in [7, 11) is 2.13. The first-order chi connectivity index (χ1) is 18.4. The Morgan fingerprint density at radius 3 is 2.71 bits per heavy atom. The summed E-state index contributed by atoms with van der Waals surface area (Å²) < 4.78 is 6.01. The summed E-state index contributed by atoms with van der Waals surface area (Å²) in [4.78, 5) is 31.9. The van der Waals surface area contributed by atoms with Crippen LogP contribution in [0.2, 0.25) is 0 Å². The van der Waals surface area contributed by atoms with Gasteiger partial charge in [0.2, 0.25) is 0 Å². The Labute approximate surface area is 228 Å². The third-order valence-corrected chi connectivity index (χ3v) is 9.65. The Kier molecular flexibility index (Phi) is 6.84. The summed E-state index contributed by atoms with van der Waals surface area (Å²) in [6.07, 6.45) is 2.70. The van der Waals surface area contributed by atoms with Crippen LogP contribution in [-0.4, -0.2) is 60.5 Å². The van der Waals surface area contributed by atoms with Crippen LogP contribution in [0.3, 0.4) is 0 Å². The van der Waals surface area contributed by atoms with Gasteiger partial charge in [0, 0.05) is 35.9 Å². The predicted octanol–water partition coefficient (Wildman–Crippen LogP) is 4.18. The van der Waals surface area contributed by atoms with Gasteiger partial charge >= 0.3 is 6.03 Å². The molecule has 2 aromatic carbocycles. The molecule has 5 unspecified atom stereocenters. The lowest BCUT2D eigenvalue weighted by molar-refractivity contribution is -0.117. The van der Waals surface area contributed by atoms with Crippen LogP contribution in [-0.2, 0) is 4.79 Å². The van der Waals surface area contributed by atoms with Gasteiger partial charge in [0.1, 0.15) is 11.5 Å². The van der Waals surface area contributed by atoms with Gasteiger partial charge in [0.15, 0.2) is 0 Å². The smallest absolute Gasteiger partial charge is 0.326 e.